The van der Waals surface area contributed by atoms with Crippen molar-refractivity contribution in [1.29, 1.82) is 0 Å². The predicted molar refractivity (Wildman–Crippen MR) is 86.9 cm³/mol. The monoisotopic (exact) mass is 312 g/mol. The zero-order valence-corrected chi connectivity index (χ0v) is 14.7. The molecular weight excluding hydrogens is 280 g/mol. The van der Waals surface area contributed by atoms with Gasteiger partial charge in [0, 0.05) is 25.2 Å². The Morgan fingerprint density at radius 1 is 1.27 bits per heavy atom. The highest BCUT2D eigenvalue weighted by Gasteiger charge is 2.31. The van der Waals surface area contributed by atoms with E-state index >= 15 is 0 Å². The van der Waals surface area contributed by atoms with Crippen molar-refractivity contribution in [3.8, 4) is 0 Å². The summed E-state index contributed by atoms with van der Waals surface area (Å²) in [5, 5.41) is 3.56. The van der Waals surface area contributed by atoms with Gasteiger partial charge in [0.2, 0.25) is 0 Å². The van der Waals surface area contributed by atoms with Crippen molar-refractivity contribution in [3.63, 3.8) is 0 Å². The molecule has 5 nitrogen and oxygen atoms in total. The van der Waals surface area contributed by atoms with Gasteiger partial charge in [-0.2, -0.15) is 0 Å². The second kappa shape index (κ2) is 7.18. The van der Waals surface area contributed by atoms with Crippen LogP contribution in [-0.2, 0) is 9.47 Å². The van der Waals surface area contributed by atoms with Crippen molar-refractivity contribution in [2.75, 3.05) is 19.7 Å². The molecule has 2 aliphatic rings. The van der Waals surface area contributed by atoms with Gasteiger partial charge in [0.15, 0.2) is 0 Å². The molecule has 5 heteroatoms. The molecule has 1 amide bonds. The van der Waals surface area contributed by atoms with Crippen LogP contribution < -0.4 is 5.32 Å². The molecule has 3 unspecified atom stereocenters. The molecule has 1 N–H and O–H groups in total. The Kier molecular flexibility index (Phi) is 5.72. The Balaban J connectivity index is 1.74. The van der Waals surface area contributed by atoms with Gasteiger partial charge in [-0.05, 0) is 59.8 Å². The molecule has 128 valence electrons. The number of ether oxygens (including phenoxy) is 2. The van der Waals surface area contributed by atoms with Crippen LogP contribution in [0.25, 0.3) is 0 Å². The molecule has 0 bridgehead atoms. The highest BCUT2D eigenvalue weighted by atomic mass is 16.6. The van der Waals surface area contributed by atoms with E-state index in [2.05, 4.69) is 19.2 Å². The predicted octanol–water partition coefficient (Wildman–Crippen LogP) is 2.79. The highest BCUT2D eigenvalue weighted by Crippen LogP contribution is 2.26. The maximum absolute atomic E-state index is 12.1. The molecule has 0 aromatic heterocycles. The third kappa shape index (κ3) is 5.13. The van der Waals surface area contributed by atoms with E-state index < -0.39 is 5.60 Å². The lowest BCUT2D eigenvalue weighted by atomic mass is 9.88. The van der Waals surface area contributed by atoms with Gasteiger partial charge in [0.1, 0.15) is 5.60 Å². The standard InChI is InChI=1S/C17H32N2O3/c1-12-11-21-15(13(2)18-12)10-14-6-8-19(9-7-14)16(20)22-17(3,4)5/h12-15,18H,6-11H2,1-5H3. The van der Waals surface area contributed by atoms with Crippen LogP contribution in [0.5, 0.6) is 0 Å². The molecule has 0 radical (unpaired) electrons. The van der Waals surface area contributed by atoms with Crippen molar-refractivity contribution in [1.82, 2.24) is 10.2 Å². The molecule has 0 aromatic carbocycles. The van der Waals surface area contributed by atoms with Crippen molar-refractivity contribution in [2.45, 2.75) is 77.7 Å². The van der Waals surface area contributed by atoms with E-state index in [1.54, 1.807) is 0 Å². The zero-order valence-electron chi connectivity index (χ0n) is 14.7. The lowest BCUT2D eigenvalue weighted by Gasteiger charge is -2.38. The van der Waals surface area contributed by atoms with Crippen LogP contribution in [0, 0.1) is 5.92 Å². The van der Waals surface area contributed by atoms with Crippen LogP contribution in [0.1, 0.15) is 53.9 Å². The average Bonchev–Trinajstić information content (AvgIpc) is 2.41. The number of hydrogen-bond acceptors (Lipinski definition) is 4. The molecule has 2 aliphatic heterocycles. The van der Waals surface area contributed by atoms with Crippen molar-refractivity contribution in [3.05, 3.63) is 0 Å². The lowest BCUT2D eigenvalue weighted by molar-refractivity contribution is -0.0368. The summed E-state index contributed by atoms with van der Waals surface area (Å²) in [4.78, 5) is 13.9. The molecular formula is C17H32N2O3. The number of carbonyl (C=O) groups excluding carboxylic acids is 1. The first-order valence-electron chi connectivity index (χ1n) is 8.60. The number of morpholine rings is 1. The number of likely N-dealkylation sites (tertiary alicyclic amines) is 1. The maximum atomic E-state index is 12.1. The molecule has 22 heavy (non-hydrogen) atoms. The van der Waals surface area contributed by atoms with Crippen LogP contribution in [0.3, 0.4) is 0 Å². The van der Waals surface area contributed by atoms with Gasteiger partial charge in [-0.25, -0.2) is 4.79 Å². The Hall–Kier alpha value is -0.810. The summed E-state index contributed by atoms with van der Waals surface area (Å²) >= 11 is 0. The minimum atomic E-state index is -0.415. The Labute approximate surface area is 134 Å². The normalized spacial score (nSPS) is 31.1. The fourth-order valence-electron chi connectivity index (χ4n) is 3.29. The number of rotatable bonds is 2. The molecule has 0 aromatic rings. The van der Waals surface area contributed by atoms with E-state index in [1.165, 1.54) is 0 Å². The van der Waals surface area contributed by atoms with Crippen molar-refractivity contribution < 1.29 is 14.3 Å². The SMILES string of the molecule is CC1COC(CC2CCN(C(=O)OC(C)(C)C)CC2)C(C)N1. The Morgan fingerprint density at radius 2 is 1.91 bits per heavy atom. The fraction of sp³-hybridized carbons (Fsp3) is 0.941. The summed E-state index contributed by atoms with van der Waals surface area (Å²) in [7, 11) is 0. The first-order valence-corrected chi connectivity index (χ1v) is 8.60. The minimum Gasteiger partial charge on any atom is -0.444 e. The topological polar surface area (TPSA) is 50.8 Å². The number of hydrogen-bond donors (Lipinski definition) is 1. The van der Waals surface area contributed by atoms with Gasteiger partial charge in [0.25, 0.3) is 0 Å². The first kappa shape index (κ1) is 17.5. The molecule has 3 atom stereocenters. The van der Waals surface area contributed by atoms with Crippen LogP contribution in [-0.4, -0.2) is 54.5 Å². The van der Waals surface area contributed by atoms with E-state index in [1.807, 2.05) is 25.7 Å². The maximum Gasteiger partial charge on any atom is 0.410 e. The van der Waals surface area contributed by atoms with E-state index in [9.17, 15) is 4.79 Å². The number of nitrogens with one attached hydrogen (secondary N) is 1. The summed E-state index contributed by atoms with van der Waals surface area (Å²) in [5.41, 5.74) is -0.415. The van der Waals surface area contributed by atoms with Gasteiger partial charge < -0.3 is 19.7 Å². The van der Waals surface area contributed by atoms with Gasteiger partial charge in [-0.1, -0.05) is 0 Å². The van der Waals surface area contributed by atoms with Crippen LogP contribution in [0.2, 0.25) is 0 Å². The van der Waals surface area contributed by atoms with E-state index in [0.717, 1.165) is 39.0 Å². The molecule has 2 heterocycles. The van der Waals surface area contributed by atoms with E-state index in [4.69, 9.17) is 9.47 Å². The lowest BCUT2D eigenvalue weighted by Crippen LogP contribution is -2.52. The summed E-state index contributed by atoms with van der Waals surface area (Å²) in [6.07, 6.45) is 3.30. The molecule has 0 aliphatic carbocycles. The largest absolute Gasteiger partial charge is 0.444 e. The summed E-state index contributed by atoms with van der Waals surface area (Å²) in [5.74, 6) is 0.640. The summed E-state index contributed by atoms with van der Waals surface area (Å²) < 4.78 is 11.4. The van der Waals surface area contributed by atoms with Gasteiger partial charge in [-0.3, -0.25) is 0 Å². The second-order valence-corrected chi connectivity index (χ2v) is 7.87. The quantitative estimate of drug-likeness (QED) is 0.852. The van der Waals surface area contributed by atoms with Crippen molar-refractivity contribution in [2.24, 2.45) is 5.92 Å². The number of nitrogens with zero attached hydrogens (tertiary/aromatic N) is 1. The summed E-state index contributed by atoms with van der Waals surface area (Å²) in [6, 6.07) is 0.855. The van der Waals surface area contributed by atoms with Crippen LogP contribution in [0.15, 0.2) is 0 Å². The first-order chi connectivity index (χ1) is 10.2. The minimum absolute atomic E-state index is 0.177. The molecule has 2 rings (SSSR count). The number of carbonyl (C=O) groups is 1. The molecule has 0 spiro atoms. The van der Waals surface area contributed by atoms with Crippen LogP contribution >= 0.6 is 0 Å². The fourth-order valence-corrected chi connectivity index (χ4v) is 3.29. The van der Waals surface area contributed by atoms with Gasteiger partial charge in [-0.15, -0.1) is 0 Å². The molecule has 0 saturated carbocycles. The molecule has 2 fully saturated rings. The van der Waals surface area contributed by atoms with Gasteiger partial charge in [0.05, 0.1) is 12.7 Å². The van der Waals surface area contributed by atoms with E-state index in [-0.39, 0.29) is 6.09 Å². The van der Waals surface area contributed by atoms with Crippen LogP contribution in [0.4, 0.5) is 4.79 Å². The molecule has 2 saturated heterocycles. The third-order valence-electron chi connectivity index (χ3n) is 4.50. The van der Waals surface area contributed by atoms with Gasteiger partial charge >= 0.3 is 6.09 Å². The zero-order chi connectivity index (χ0) is 16.3. The second-order valence-electron chi connectivity index (χ2n) is 7.87. The Morgan fingerprint density at radius 3 is 2.45 bits per heavy atom. The van der Waals surface area contributed by atoms with E-state index in [0.29, 0.717) is 24.1 Å². The Bertz CT molecular complexity index is 373. The number of piperidine rings is 1. The highest BCUT2D eigenvalue weighted by molar-refractivity contribution is 5.68. The third-order valence-corrected chi connectivity index (χ3v) is 4.50. The average molecular weight is 312 g/mol. The summed E-state index contributed by atoms with van der Waals surface area (Å²) in [6.45, 7) is 12.5. The number of amides is 1. The smallest absolute Gasteiger partial charge is 0.410 e. The van der Waals surface area contributed by atoms with Crippen molar-refractivity contribution >= 4 is 6.09 Å².